The van der Waals surface area contributed by atoms with E-state index in [-0.39, 0.29) is 12.4 Å². The fraction of sp³-hybridized carbons (Fsp3) is 0.400. The second-order valence-corrected chi connectivity index (χ2v) is 2.74. The van der Waals surface area contributed by atoms with Gasteiger partial charge in [-0.3, -0.25) is 0 Å². The van der Waals surface area contributed by atoms with E-state index >= 15 is 0 Å². The molecule has 0 aliphatic heterocycles. The molecule has 0 spiro atoms. The van der Waals surface area contributed by atoms with Gasteiger partial charge in [0.05, 0.1) is 25.5 Å². The normalized spacial score (nSPS) is 10.1. The maximum Gasteiger partial charge on any atom is 0.146 e. The maximum absolute atomic E-state index is 13.0. The Morgan fingerprint density at radius 1 is 1.29 bits per heavy atom. The average molecular weight is 199 g/mol. The summed E-state index contributed by atoms with van der Waals surface area (Å²) in [4.78, 5) is 0. The zero-order chi connectivity index (χ0) is 10.2. The van der Waals surface area contributed by atoms with E-state index in [0.29, 0.717) is 25.4 Å². The molecule has 0 amide bonds. The first-order valence-electron chi connectivity index (χ1n) is 4.51. The van der Waals surface area contributed by atoms with E-state index in [1.54, 1.807) is 18.2 Å². The highest BCUT2D eigenvalue weighted by Gasteiger charge is 1.97. The van der Waals surface area contributed by atoms with E-state index in [1.165, 1.54) is 6.07 Å². The summed E-state index contributed by atoms with van der Waals surface area (Å²) in [7, 11) is 0. The van der Waals surface area contributed by atoms with Crippen LogP contribution < -0.4 is 5.32 Å². The molecular formula is C10H14FNO2. The van der Waals surface area contributed by atoms with Crippen molar-refractivity contribution in [2.24, 2.45) is 0 Å². The highest BCUT2D eigenvalue weighted by molar-refractivity contribution is 5.44. The van der Waals surface area contributed by atoms with E-state index < -0.39 is 0 Å². The molecule has 0 aliphatic carbocycles. The number of rotatable bonds is 6. The van der Waals surface area contributed by atoms with Gasteiger partial charge in [0, 0.05) is 6.54 Å². The summed E-state index contributed by atoms with van der Waals surface area (Å²) in [6.07, 6.45) is 0. The lowest BCUT2D eigenvalue weighted by molar-refractivity contribution is 0.0992. The molecule has 14 heavy (non-hydrogen) atoms. The van der Waals surface area contributed by atoms with Crippen molar-refractivity contribution in [3.05, 3.63) is 30.1 Å². The molecule has 1 rings (SSSR count). The minimum atomic E-state index is -0.269. The van der Waals surface area contributed by atoms with Crippen LogP contribution in [0.4, 0.5) is 10.1 Å². The number of benzene rings is 1. The lowest BCUT2D eigenvalue weighted by atomic mass is 10.3. The van der Waals surface area contributed by atoms with Crippen molar-refractivity contribution in [2.75, 3.05) is 31.7 Å². The number of aliphatic hydroxyl groups is 1. The maximum atomic E-state index is 13.0. The number of nitrogens with one attached hydrogen (secondary N) is 1. The molecule has 0 radical (unpaired) electrons. The molecule has 3 nitrogen and oxygen atoms in total. The average Bonchev–Trinajstić information content (AvgIpc) is 2.20. The summed E-state index contributed by atoms with van der Waals surface area (Å²) in [6, 6.07) is 6.47. The van der Waals surface area contributed by atoms with Gasteiger partial charge in [-0.05, 0) is 12.1 Å². The van der Waals surface area contributed by atoms with Crippen LogP contribution in [0, 0.1) is 5.82 Å². The second-order valence-electron chi connectivity index (χ2n) is 2.74. The van der Waals surface area contributed by atoms with Crippen LogP contribution in [-0.4, -0.2) is 31.5 Å². The molecule has 1 aromatic carbocycles. The molecular weight excluding hydrogens is 185 g/mol. The number of anilines is 1. The molecule has 0 saturated heterocycles. The first-order chi connectivity index (χ1) is 6.84. The van der Waals surface area contributed by atoms with Gasteiger partial charge in [-0.25, -0.2) is 4.39 Å². The monoisotopic (exact) mass is 199 g/mol. The minimum absolute atomic E-state index is 0.0136. The zero-order valence-corrected chi connectivity index (χ0v) is 7.87. The largest absolute Gasteiger partial charge is 0.394 e. The summed E-state index contributed by atoms with van der Waals surface area (Å²) >= 11 is 0. The lowest BCUT2D eigenvalue weighted by Crippen LogP contribution is -2.11. The highest BCUT2D eigenvalue weighted by Crippen LogP contribution is 2.11. The van der Waals surface area contributed by atoms with Crippen LogP contribution in [0.2, 0.25) is 0 Å². The number of hydrogen-bond acceptors (Lipinski definition) is 3. The Morgan fingerprint density at radius 2 is 2.07 bits per heavy atom. The fourth-order valence-electron chi connectivity index (χ4n) is 1.03. The quantitative estimate of drug-likeness (QED) is 0.677. The molecule has 0 aromatic heterocycles. The Labute approximate surface area is 82.5 Å². The number of para-hydroxylation sites is 1. The van der Waals surface area contributed by atoms with E-state index in [1.807, 2.05) is 0 Å². The molecule has 4 heteroatoms. The molecule has 78 valence electrons. The van der Waals surface area contributed by atoms with Crippen molar-refractivity contribution in [3.8, 4) is 0 Å². The Kier molecular flexibility index (Phi) is 4.96. The molecule has 0 atom stereocenters. The number of halogens is 1. The van der Waals surface area contributed by atoms with Crippen LogP contribution in [0.25, 0.3) is 0 Å². The Bertz CT molecular complexity index is 268. The molecule has 0 fully saturated rings. The zero-order valence-electron chi connectivity index (χ0n) is 7.87. The number of hydrogen-bond donors (Lipinski definition) is 2. The number of aliphatic hydroxyl groups excluding tert-OH is 1. The van der Waals surface area contributed by atoms with Gasteiger partial charge in [0.2, 0.25) is 0 Å². The van der Waals surface area contributed by atoms with Crippen molar-refractivity contribution in [1.82, 2.24) is 0 Å². The Hall–Kier alpha value is -1.13. The third-order valence-electron chi connectivity index (χ3n) is 1.67. The van der Waals surface area contributed by atoms with Gasteiger partial charge < -0.3 is 15.2 Å². The van der Waals surface area contributed by atoms with Crippen LogP contribution in [0.5, 0.6) is 0 Å². The minimum Gasteiger partial charge on any atom is -0.394 e. The van der Waals surface area contributed by atoms with Crippen molar-refractivity contribution in [2.45, 2.75) is 0 Å². The summed E-state index contributed by atoms with van der Waals surface area (Å²) < 4.78 is 18.0. The van der Waals surface area contributed by atoms with Crippen molar-refractivity contribution in [1.29, 1.82) is 0 Å². The van der Waals surface area contributed by atoms with Gasteiger partial charge in [-0.1, -0.05) is 12.1 Å². The SMILES string of the molecule is OCCOCCNc1ccccc1F. The third-order valence-corrected chi connectivity index (χ3v) is 1.67. The van der Waals surface area contributed by atoms with Crippen LogP contribution in [-0.2, 0) is 4.74 Å². The Balaban J connectivity index is 2.21. The van der Waals surface area contributed by atoms with Gasteiger partial charge in [-0.2, -0.15) is 0 Å². The fourth-order valence-corrected chi connectivity index (χ4v) is 1.03. The smallest absolute Gasteiger partial charge is 0.146 e. The first-order valence-corrected chi connectivity index (χ1v) is 4.51. The standard InChI is InChI=1S/C10H14FNO2/c11-9-3-1-2-4-10(9)12-5-7-14-8-6-13/h1-4,12-13H,5-8H2. The highest BCUT2D eigenvalue weighted by atomic mass is 19.1. The molecule has 1 aromatic rings. The summed E-state index contributed by atoms with van der Waals surface area (Å²) in [5.41, 5.74) is 0.472. The number of ether oxygens (including phenoxy) is 1. The summed E-state index contributed by atoms with van der Waals surface area (Å²) in [5.74, 6) is -0.269. The van der Waals surface area contributed by atoms with Gasteiger partial charge in [-0.15, -0.1) is 0 Å². The summed E-state index contributed by atoms with van der Waals surface area (Å²) in [5, 5.41) is 11.3. The molecule has 0 unspecified atom stereocenters. The van der Waals surface area contributed by atoms with Crippen LogP contribution in [0.1, 0.15) is 0 Å². The van der Waals surface area contributed by atoms with Crippen LogP contribution in [0.15, 0.2) is 24.3 Å². The summed E-state index contributed by atoms with van der Waals surface area (Å²) in [6.45, 7) is 1.31. The van der Waals surface area contributed by atoms with Gasteiger partial charge in [0.25, 0.3) is 0 Å². The lowest BCUT2D eigenvalue weighted by Gasteiger charge is -2.07. The van der Waals surface area contributed by atoms with Crippen molar-refractivity contribution in [3.63, 3.8) is 0 Å². The van der Waals surface area contributed by atoms with Gasteiger partial charge >= 0.3 is 0 Å². The van der Waals surface area contributed by atoms with Gasteiger partial charge in [0.15, 0.2) is 0 Å². The van der Waals surface area contributed by atoms with E-state index in [2.05, 4.69) is 5.32 Å². The van der Waals surface area contributed by atoms with E-state index in [9.17, 15) is 4.39 Å². The second kappa shape index (κ2) is 6.34. The molecule has 0 aliphatic rings. The van der Waals surface area contributed by atoms with Crippen LogP contribution in [0.3, 0.4) is 0 Å². The Morgan fingerprint density at radius 3 is 2.79 bits per heavy atom. The third kappa shape index (κ3) is 3.72. The molecule has 2 N–H and O–H groups in total. The van der Waals surface area contributed by atoms with E-state index in [0.717, 1.165) is 0 Å². The van der Waals surface area contributed by atoms with Crippen molar-refractivity contribution >= 4 is 5.69 Å². The first kappa shape index (κ1) is 10.9. The van der Waals surface area contributed by atoms with Crippen LogP contribution >= 0.6 is 0 Å². The molecule has 0 saturated carbocycles. The van der Waals surface area contributed by atoms with Crippen molar-refractivity contribution < 1.29 is 14.2 Å². The predicted octanol–water partition coefficient (Wildman–Crippen LogP) is 1.25. The topological polar surface area (TPSA) is 41.5 Å². The van der Waals surface area contributed by atoms with E-state index in [4.69, 9.17) is 9.84 Å². The molecule has 0 bridgehead atoms. The molecule has 0 heterocycles. The predicted molar refractivity (Wildman–Crippen MR) is 52.8 cm³/mol. The van der Waals surface area contributed by atoms with Gasteiger partial charge in [0.1, 0.15) is 5.82 Å².